The quantitative estimate of drug-likeness (QED) is 0.814. The van der Waals surface area contributed by atoms with Gasteiger partial charge in [-0.05, 0) is 31.4 Å². The maximum Gasteiger partial charge on any atom is 0.240 e. The van der Waals surface area contributed by atoms with Crippen LogP contribution in [0.3, 0.4) is 0 Å². The van der Waals surface area contributed by atoms with E-state index in [4.69, 9.17) is 11.0 Å². The number of anilines is 1. The number of carbonyl (C=O) groups excluding carboxylic acids is 1. The van der Waals surface area contributed by atoms with E-state index in [1.807, 2.05) is 4.90 Å². The lowest BCUT2D eigenvalue weighted by Crippen LogP contribution is -2.48. The van der Waals surface area contributed by atoms with Crippen LogP contribution in [0.2, 0.25) is 0 Å². The van der Waals surface area contributed by atoms with E-state index in [0.717, 1.165) is 25.8 Å². The summed E-state index contributed by atoms with van der Waals surface area (Å²) in [7, 11) is 0. The number of pyridine rings is 1. The molecule has 17 heavy (non-hydrogen) atoms. The highest BCUT2D eigenvalue weighted by Gasteiger charge is 2.27. The lowest BCUT2D eigenvalue weighted by molar-refractivity contribution is -0.119. The maximum atomic E-state index is 11.4. The smallest absolute Gasteiger partial charge is 0.240 e. The molecular weight excluding hydrogens is 216 g/mol. The molecule has 2 N–H and O–H groups in total. The largest absolute Gasteiger partial charge is 0.368 e. The number of primary amides is 1. The van der Waals surface area contributed by atoms with Crippen LogP contribution >= 0.6 is 0 Å². The summed E-state index contributed by atoms with van der Waals surface area (Å²) in [6.07, 6.45) is 4.36. The van der Waals surface area contributed by atoms with Crippen molar-refractivity contribution in [2.45, 2.75) is 25.3 Å². The van der Waals surface area contributed by atoms with E-state index in [0.29, 0.717) is 11.4 Å². The number of aromatic nitrogens is 1. The van der Waals surface area contributed by atoms with Gasteiger partial charge in [0, 0.05) is 12.7 Å². The predicted octanol–water partition coefficient (Wildman–Crippen LogP) is 0.797. The third-order valence-corrected chi connectivity index (χ3v) is 3.00. The number of hydrogen-bond donors (Lipinski definition) is 1. The monoisotopic (exact) mass is 230 g/mol. The van der Waals surface area contributed by atoms with Crippen molar-refractivity contribution in [3.05, 3.63) is 23.9 Å². The Morgan fingerprint density at radius 3 is 3.12 bits per heavy atom. The van der Waals surface area contributed by atoms with Crippen LogP contribution in [0.15, 0.2) is 18.3 Å². The SMILES string of the molecule is N#Cc1ccnc(N2CCCCC2C(N)=O)c1. The van der Waals surface area contributed by atoms with E-state index in [9.17, 15) is 4.79 Å². The summed E-state index contributed by atoms with van der Waals surface area (Å²) >= 11 is 0. The predicted molar refractivity (Wildman–Crippen MR) is 63.1 cm³/mol. The molecule has 5 nitrogen and oxygen atoms in total. The van der Waals surface area contributed by atoms with Gasteiger partial charge in [-0.3, -0.25) is 4.79 Å². The first kappa shape index (κ1) is 11.4. The maximum absolute atomic E-state index is 11.4. The fourth-order valence-electron chi connectivity index (χ4n) is 2.15. The van der Waals surface area contributed by atoms with Crippen molar-refractivity contribution in [1.82, 2.24) is 4.98 Å². The van der Waals surface area contributed by atoms with Crippen molar-refractivity contribution in [3.63, 3.8) is 0 Å². The summed E-state index contributed by atoms with van der Waals surface area (Å²) in [5.41, 5.74) is 5.94. The Balaban J connectivity index is 2.29. The summed E-state index contributed by atoms with van der Waals surface area (Å²) in [5.74, 6) is 0.335. The highest BCUT2D eigenvalue weighted by atomic mass is 16.1. The molecule has 1 aromatic rings. The van der Waals surface area contributed by atoms with Crippen molar-refractivity contribution in [2.75, 3.05) is 11.4 Å². The Hall–Kier alpha value is -2.09. The lowest BCUT2D eigenvalue weighted by atomic mass is 10.0. The van der Waals surface area contributed by atoms with E-state index < -0.39 is 0 Å². The van der Waals surface area contributed by atoms with Gasteiger partial charge in [-0.2, -0.15) is 5.26 Å². The number of amides is 1. The van der Waals surface area contributed by atoms with Gasteiger partial charge in [0.2, 0.25) is 5.91 Å². The van der Waals surface area contributed by atoms with E-state index in [1.54, 1.807) is 18.3 Å². The average Bonchev–Trinajstić information content (AvgIpc) is 2.39. The second kappa shape index (κ2) is 4.83. The molecule has 1 fully saturated rings. The van der Waals surface area contributed by atoms with Crippen molar-refractivity contribution < 1.29 is 4.79 Å². The van der Waals surface area contributed by atoms with Crippen molar-refractivity contribution >= 4 is 11.7 Å². The van der Waals surface area contributed by atoms with Crippen LogP contribution in [-0.4, -0.2) is 23.5 Å². The van der Waals surface area contributed by atoms with Crippen LogP contribution in [0.4, 0.5) is 5.82 Å². The van der Waals surface area contributed by atoms with E-state index >= 15 is 0 Å². The molecule has 1 saturated heterocycles. The summed E-state index contributed by atoms with van der Waals surface area (Å²) in [5, 5.41) is 8.85. The molecule has 0 radical (unpaired) electrons. The molecule has 0 aliphatic carbocycles. The zero-order chi connectivity index (χ0) is 12.3. The average molecular weight is 230 g/mol. The fourth-order valence-corrected chi connectivity index (χ4v) is 2.15. The molecule has 1 aromatic heterocycles. The molecule has 5 heteroatoms. The Kier molecular flexibility index (Phi) is 3.24. The van der Waals surface area contributed by atoms with Crippen LogP contribution < -0.4 is 10.6 Å². The first-order valence-corrected chi connectivity index (χ1v) is 5.64. The Morgan fingerprint density at radius 1 is 1.59 bits per heavy atom. The topological polar surface area (TPSA) is 83.0 Å². The van der Waals surface area contributed by atoms with Crippen LogP contribution in [0.25, 0.3) is 0 Å². The molecular formula is C12H14N4O. The second-order valence-electron chi connectivity index (χ2n) is 4.12. The summed E-state index contributed by atoms with van der Waals surface area (Å²) in [6, 6.07) is 5.11. The van der Waals surface area contributed by atoms with E-state index in [2.05, 4.69) is 11.1 Å². The highest BCUT2D eigenvalue weighted by Crippen LogP contribution is 2.23. The van der Waals surface area contributed by atoms with E-state index in [1.165, 1.54) is 0 Å². The molecule has 0 bridgehead atoms. The Bertz CT molecular complexity index is 466. The van der Waals surface area contributed by atoms with Gasteiger partial charge in [-0.25, -0.2) is 4.98 Å². The summed E-state index contributed by atoms with van der Waals surface area (Å²) in [4.78, 5) is 17.5. The number of nitriles is 1. The number of nitrogens with two attached hydrogens (primary N) is 1. The number of hydrogen-bond acceptors (Lipinski definition) is 4. The first-order valence-electron chi connectivity index (χ1n) is 5.64. The van der Waals surface area contributed by atoms with Gasteiger partial charge >= 0.3 is 0 Å². The molecule has 1 atom stereocenters. The Morgan fingerprint density at radius 2 is 2.41 bits per heavy atom. The zero-order valence-electron chi connectivity index (χ0n) is 9.47. The van der Waals surface area contributed by atoms with Gasteiger partial charge in [0.25, 0.3) is 0 Å². The molecule has 88 valence electrons. The third-order valence-electron chi connectivity index (χ3n) is 3.00. The van der Waals surface area contributed by atoms with Crippen molar-refractivity contribution in [2.24, 2.45) is 5.73 Å². The molecule has 1 aliphatic rings. The molecule has 0 aromatic carbocycles. The number of rotatable bonds is 2. The van der Waals surface area contributed by atoms with Crippen LogP contribution in [0, 0.1) is 11.3 Å². The van der Waals surface area contributed by atoms with Gasteiger partial charge in [-0.1, -0.05) is 0 Å². The molecule has 0 spiro atoms. The van der Waals surface area contributed by atoms with Gasteiger partial charge in [0.05, 0.1) is 11.6 Å². The summed E-state index contributed by atoms with van der Waals surface area (Å²) < 4.78 is 0. The minimum atomic E-state index is -0.325. The highest BCUT2D eigenvalue weighted by molar-refractivity contribution is 5.83. The molecule has 0 saturated carbocycles. The first-order chi connectivity index (χ1) is 8.22. The zero-order valence-corrected chi connectivity index (χ0v) is 9.47. The summed E-state index contributed by atoms with van der Waals surface area (Å²) in [6.45, 7) is 0.759. The number of piperidine rings is 1. The van der Waals surface area contributed by atoms with Gasteiger partial charge in [-0.15, -0.1) is 0 Å². The number of carbonyl (C=O) groups is 1. The van der Waals surface area contributed by atoms with Crippen LogP contribution in [0.5, 0.6) is 0 Å². The van der Waals surface area contributed by atoms with E-state index in [-0.39, 0.29) is 11.9 Å². The Labute approximate surface area is 99.9 Å². The standard InChI is InChI=1S/C12H14N4O/c13-8-9-4-5-15-11(7-9)16-6-2-1-3-10(16)12(14)17/h4-5,7,10H,1-3,6H2,(H2,14,17). The van der Waals surface area contributed by atoms with Gasteiger partial charge < -0.3 is 10.6 Å². The molecule has 2 heterocycles. The van der Waals surface area contributed by atoms with Crippen molar-refractivity contribution in [1.29, 1.82) is 5.26 Å². The van der Waals surface area contributed by atoms with Crippen LogP contribution in [0.1, 0.15) is 24.8 Å². The lowest BCUT2D eigenvalue weighted by Gasteiger charge is -2.34. The molecule has 2 rings (SSSR count). The fraction of sp³-hybridized carbons (Fsp3) is 0.417. The molecule has 1 amide bonds. The van der Waals surface area contributed by atoms with Gasteiger partial charge in [0.15, 0.2) is 0 Å². The molecule has 1 aliphatic heterocycles. The minimum absolute atomic E-state index is 0.301. The van der Waals surface area contributed by atoms with Gasteiger partial charge in [0.1, 0.15) is 11.9 Å². The van der Waals surface area contributed by atoms with Crippen LogP contribution in [-0.2, 0) is 4.79 Å². The van der Waals surface area contributed by atoms with Crippen molar-refractivity contribution in [3.8, 4) is 6.07 Å². The number of nitrogens with zero attached hydrogens (tertiary/aromatic N) is 3. The molecule has 1 unspecified atom stereocenters. The second-order valence-corrected chi connectivity index (χ2v) is 4.12. The third kappa shape index (κ3) is 2.36. The normalized spacial score (nSPS) is 19.7. The minimum Gasteiger partial charge on any atom is -0.368 e.